The number of hydrogen-bond donors (Lipinski definition) is 0. The molecule has 0 atom stereocenters. The molecule has 19 heavy (non-hydrogen) atoms. The van der Waals surface area contributed by atoms with E-state index in [0.717, 1.165) is 12.1 Å². The maximum atomic E-state index is 12.3. The van der Waals surface area contributed by atoms with Crippen LogP contribution in [0.25, 0.3) is 0 Å². The van der Waals surface area contributed by atoms with Crippen LogP contribution >= 0.6 is 15.9 Å². The molecule has 1 aromatic rings. The number of nitriles is 1. The van der Waals surface area contributed by atoms with Crippen LogP contribution in [0.5, 0.6) is 5.75 Å². The van der Waals surface area contributed by atoms with Gasteiger partial charge in [-0.05, 0) is 18.2 Å². The van der Waals surface area contributed by atoms with E-state index >= 15 is 0 Å². The number of halogens is 7. The Hall–Kier alpha value is -1.43. The standard InChI is InChI=1S/C10H4BrF6NO/c11-6-1-2-7(5(3-6)4-18)19-8(9(12,13)14)10(15,16)17/h1-3,8H. The third-order valence-electron chi connectivity index (χ3n) is 1.90. The van der Waals surface area contributed by atoms with Crippen LogP contribution in [0.1, 0.15) is 5.56 Å². The van der Waals surface area contributed by atoms with Crippen LogP contribution < -0.4 is 4.74 Å². The summed E-state index contributed by atoms with van der Waals surface area (Å²) in [4.78, 5) is 0. The van der Waals surface area contributed by atoms with Crippen LogP contribution in [0.2, 0.25) is 0 Å². The highest BCUT2D eigenvalue weighted by Crippen LogP contribution is 2.37. The molecular formula is C10H4BrF6NO. The van der Waals surface area contributed by atoms with Crippen molar-refractivity contribution >= 4 is 15.9 Å². The van der Waals surface area contributed by atoms with E-state index in [-0.39, 0.29) is 0 Å². The first-order chi connectivity index (χ1) is 8.55. The van der Waals surface area contributed by atoms with Gasteiger partial charge in [-0.25, -0.2) is 0 Å². The van der Waals surface area contributed by atoms with Gasteiger partial charge in [0.15, 0.2) is 0 Å². The fraction of sp³-hybridized carbons (Fsp3) is 0.300. The van der Waals surface area contributed by atoms with Crippen LogP contribution in [0.3, 0.4) is 0 Å². The highest BCUT2D eigenvalue weighted by atomic mass is 79.9. The van der Waals surface area contributed by atoms with E-state index in [4.69, 9.17) is 5.26 Å². The largest absolute Gasteiger partial charge is 0.470 e. The van der Waals surface area contributed by atoms with Crippen molar-refractivity contribution in [3.8, 4) is 11.8 Å². The van der Waals surface area contributed by atoms with E-state index < -0.39 is 29.8 Å². The Morgan fingerprint density at radius 2 is 1.63 bits per heavy atom. The second-order valence-corrected chi connectivity index (χ2v) is 4.25. The van der Waals surface area contributed by atoms with Crippen LogP contribution in [0.15, 0.2) is 22.7 Å². The summed E-state index contributed by atoms with van der Waals surface area (Å²) in [5.41, 5.74) is -0.437. The van der Waals surface area contributed by atoms with Crippen molar-refractivity contribution in [1.29, 1.82) is 5.26 Å². The molecule has 2 nitrogen and oxygen atoms in total. The number of ether oxygens (including phenoxy) is 1. The Bertz CT molecular complexity index is 490. The zero-order valence-corrected chi connectivity index (χ0v) is 10.4. The van der Waals surface area contributed by atoms with Gasteiger partial charge in [-0.1, -0.05) is 15.9 Å². The molecule has 0 fully saturated rings. The maximum Gasteiger partial charge on any atom is 0.434 e. The van der Waals surface area contributed by atoms with Crippen LogP contribution in [0, 0.1) is 11.3 Å². The fourth-order valence-electron chi connectivity index (χ4n) is 1.14. The molecule has 0 heterocycles. The van der Waals surface area contributed by atoms with Gasteiger partial charge in [0.25, 0.3) is 6.10 Å². The average molecular weight is 348 g/mol. The smallest absolute Gasteiger partial charge is 0.434 e. The van der Waals surface area contributed by atoms with Gasteiger partial charge in [0.05, 0.1) is 5.56 Å². The van der Waals surface area contributed by atoms with Gasteiger partial charge < -0.3 is 4.74 Å². The number of rotatable bonds is 2. The van der Waals surface area contributed by atoms with Gasteiger partial charge in [-0.3, -0.25) is 0 Å². The molecule has 0 aliphatic heterocycles. The summed E-state index contributed by atoms with van der Waals surface area (Å²) in [6.07, 6.45) is -15.2. The van der Waals surface area contributed by atoms with E-state index in [0.29, 0.717) is 4.47 Å². The van der Waals surface area contributed by atoms with Gasteiger partial charge >= 0.3 is 12.4 Å². The molecule has 0 saturated heterocycles. The molecule has 0 unspecified atom stereocenters. The number of hydrogen-bond acceptors (Lipinski definition) is 2. The molecule has 0 amide bonds. The van der Waals surface area contributed by atoms with Crippen LogP contribution in [0.4, 0.5) is 26.3 Å². The predicted octanol–water partition coefficient (Wildman–Crippen LogP) is 4.19. The van der Waals surface area contributed by atoms with Gasteiger partial charge in [0.1, 0.15) is 11.8 Å². The SMILES string of the molecule is N#Cc1cc(Br)ccc1OC(C(F)(F)F)C(F)(F)F. The lowest BCUT2D eigenvalue weighted by atomic mass is 10.2. The third kappa shape index (κ3) is 4.02. The van der Waals surface area contributed by atoms with Gasteiger partial charge in [-0.2, -0.15) is 31.6 Å². The molecule has 1 rings (SSSR count). The quantitative estimate of drug-likeness (QED) is 0.751. The van der Waals surface area contributed by atoms with E-state index in [9.17, 15) is 26.3 Å². The van der Waals surface area contributed by atoms with E-state index in [1.54, 1.807) is 0 Å². The van der Waals surface area contributed by atoms with Crippen molar-refractivity contribution in [2.45, 2.75) is 18.5 Å². The van der Waals surface area contributed by atoms with Crippen molar-refractivity contribution in [3.05, 3.63) is 28.2 Å². The van der Waals surface area contributed by atoms with Crippen molar-refractivity contribution < 1.29 is 31.1 Å². The summed E-state index contributed by atoms with van der Waals surface area (Å²) < 4.78 is 77.9. The topological polar surface area (TPSA) is 33.0 Å². The molecular weight excluding hydrogens is 344 g/mol. The summed E-state index contributed by atoms with van der Waals surface area (Å²) in [6, 6.07) is 4.53. The summed E-state index contributed by atoms with van der Waals surface area (Å²) in [7, 11) is 0. The lowest BCUT2D eigenvalue weighted by molar-refractivity contribution is -0.299. The molecule has 0 bridgehead atoms. The molecule has 0 spiro atoms. The van der Waals surface area contributed by atoms with Gasteiger partial charge in [0, 0.05) is 4.47 Å². The Balaban J connectivity index is 3.15. The zero-order chi connectivity index (χ0) is 14.8. The Kier molecular flexibility index (Phi) is 4.35. The molecule has 0 N–H and O–H groups in total. The van der Waals surface area contributed by atoms with Crippen LogP contribution in [-0.2, 0) is 0 Å². The van der Waals surface area contributed by atoms with Gasteiger partial charge in [-0.15, -0.1) is 0 Å². The number of alkyl halides is 6. The first-order valence-corrected chi connectivity index (χ1v) is 5.34. The summed E-state index contributed by atoms with van der Waals surface area (Å²) in [6.45, 7) is 0. The Morgan fingerprint density at radius 1 is 1.11 bits per heavy atom. The highest BCUT2D eigenvalue weighted by molar-refractivity contribution is 9.10. The van der Waals surface area contributed by atoms with E-state index in [1.165, 1.54) is 12.1 Å². The minimum absolute atomic E-state index is 0.326. The number of benzene rings is 1. The lowest BCUT2D eigenvalue weighted by Gasteiger charge is -2.24. The molecule has 0 saturated carbocycles. The van der Waals surface area contributed by atoms with Crippen molar-refractivity contribution in [2.24, 2.45) is 0 Å². The third-order valence-corrected chi connectivity index (χ3v) is 2.39. The molecule has 0 radical (unpaired) electrons. The molecule has 9 heteroatoms. The van der Waals surface area contributed by atoms with Gasteiger partial charge in [0.2, 0.25) is 0 Å². The molecule has 0 aromatic heterocycles. The van der Waals surface area contributed by atoms with Crippen molar-refractivity contribution in [2.75, 3.05) is 0 Å². The first-order valence-electron chi connectivity index (χ1n) is 4.55. The van der Waals surface area contributed by atoms with Crippen LogP contribution in [-0.4, -0.2) is 18.5 Å². The van der Waals surface area contributed by atoms with E-state index in [2.05, 4.69) is 20.7 Å². The maximum absolute atomic E-state index is 12.3. The summed E-state index contributed by atoms with van der Waals surface area (Å²) >= 11 is 2.93. The normalized spacial score (nSPS) is 12.4. The number of nitrogens with zero attached hydrogens (tertiary/aromatic N) is 1. The Morgan fingerprint density at radius 3 is 2.05 bits per heavy atom. The predicted molar refractivity (Wildman–Crippen MR) is 55.4 cm³/mol. The molecule has 0 aliphatic carbocycles. The summed E-state index contributed by atoms with van der Waals surface area (Å²) in [5.74, 6) is -0.787. The lowest BCUT2D eigenvalue weighted by Crippen LogP contribution is -2.46. The monoisotopic (exact) mass is 347 g/mol. The highest BCUT2D eigenvalue weighted by Gasteiger charge is 2.59. The zero-order valence-electron chi connectivity index (χ0n) is 8.81. The van der Waals surface area contributed by atoms with Crippen molar-refractivity contribution in [3.63, 3.8) is 0 Å². The van der Waals surface area contributed by atoms with Crippen molar-refractivity contribution in [1.82, 2.24) is 0 Å². The average Bonchev–Trinajstić information content (AvgIpc) is 2.23. The minimum atomic E-state index is -5.63. The molecule has 104 valence electrons. The fourth-order valence-corrected chi connectivity index (χ4v) is 1.50. The molecule has 1 aromatic carbocycles. The molecule has 0 aliphatic rings. The minimum Gasteiger partial charge on any atom is -0.470 e. The second-order valence-electron chi connectivity index (χ2n) is 3.33. The summed E-state index contributed by atoms with van der Waals surface area (Å²) in [5, 5.41) is 8.65. The second kappa shape index (κ2) is 5.28. The van der Waals surface area contributed by atoms with E-state index in [1.807, 2.05) is 0 Å². The Labute approximate surface area is 111 Å². The first kappa shape index (κ1) is 15.6.